The molecule has 0 atom stereocenters. The van der Waals surface area contributed by atoms with Gasteiger partial charge in [0.25, 0.3) is 0 Å². The first-order valence-corrected chi connectivity index (χ1v) is 5.37. The van der Waals surface area contributed by atoms with Gasteiger partial charge in [-0.1, -0.05) is 11.6 Å². The van der Waals surface area contributed by atoms with E-state index in [4.69, 9.17) is 17.3 Å². The van der Waals surface area contributed by atoms with Gasteiger partial charge in [-0.15, -0.1) is 0 Å². The predicted octanol–water partition coefficient (Wildman–Crippen LogP) is 3.51. The Kier molecular flexibility index (Phi) is 3.15. The molecule has 0 fully saturated rings. The summed E-state index contributed by atoms with van der Waals surface area (Å²) in [4.78, 5) is 4.13. The molecule has 0 aliphatic rings. The maximum Gasteiger partial charge on any atom is 0.133 e. The van der Waals surface area contributed by atoms with Crippen molar-refractivity contribution in [3.8, 4) is 0 Å². The number of nitrogens with two attached hydrogens (primary N) is 1. The fraction of sp³-hybridized carbons (Fsp3) is 0.0833. The van der Waals surface area contributed by atoms with Crippen LogP contribution in [-0.2, 0) is 0 Å². The first-order chi connectivity index (χ1) is 8.04. The highest BCUT2D eigenvalue weighted by Gasteiger charge is 2.03. The maximum absolute atomic E-state index is 13.1. The summed E-state index contributed by atoms with van der Waals surface area (Å²) < 4.78 is 13.1. The van der Waals surface area contributed by atoms with E-state index in [9.17, 15) is 4.39 Å². The summed E-state index contributed by atoms with van der Waals surface area (Å²) in [5.74, 6) is 0.231. The van der Waals surface area contributed by atoms with Crippen LogP contribution in [0.1, 0.15) is 5.56 Å². The van der Waals surface area contributed by atoms with Gasteiger partial charge in [0.2, 0.25) is 0 Å². The SMILES string of the molecule is Cc1cc(N)cnc1Nc1cc(F)cc(Cl)c1. The molecule has 5 heteroatoms. The monoisotopic (exact) mass is 251 g/mol. The van der Waals surface area contributed by atoms with Gasteiger partial charge in [-0.25, -0.2) is 9.37 Å². The largest absolute Gasteiger partial charge is 0.397 e. The molecule has 0 saturated heterocycles. The van der Waals surface area contributed by atoms with E-state index in [1.165, 1.54) is 18.3 Å². The van der Waals surface area contributed by atoms with Crippen LogP contribution in [0.15, 0.2) is 30.5 Å². The second-order valence-corrected chi connectivity index (χ2v) is 4.15. The zero-order valence-electron chi connectivity index (χ0n) is 9.17. The zero-order valence-corrected chi connectivity index (χ0v) is 9.92. The molecule has 1 aromatic heterocycles. The smallest absolute Gasteiger partial charge is 0.133 e. The molecule has 0 spiro atoms. The van der Waals surface area contributed by atoms with Crippen molar-refractivity contribution in [3.05, 3.63) is 46.9 Å². The Labute approximate surface area is 103 Å². The lowest BCUT2D eigenvalue weighted by atomic mass is 10.2. The molecule has 0 radical (unpaired) electrons. The standard InChI is InChI=1S/C12H11ClFN3/c1-7-2-10(15)6-16-12(7)17-11-4-8(13)3-9(14)5-11/h2-6H,15H2,1H3,(H,16,17). The van der Waals surface area contributed by atoms with Crippen molar-refractivity contribution in [3.63, 3.8) is 0 Å². The molecule has 17 heavy (non-hydrogen) atoms. The van der Waals surface area contributed by atoms with Crippen LogP contribution in [0.5, 0.6) is 0 Å². The van der Waals surface area contributed by atoms with E-state index in [1.54, 1.807) is 12.1 Å². The van der Waals surface area contributed by atoms with Gasteiger partial charge in [0.05, 0.1) is 11.9 Å². The first kappa shape index (κ1) is 11.7. The highest BCUT2D eigenvalue weighted by molar-refractivity contribution is 6.30. The fourth-order valence-corrected chi connectivity index (χ4v) is 1.71. The quantitative estimate of drug-likeness (QED) is 0.859. The Balaban J connectivity index is 2.31. The third-order valence-corrected chi connectivity index (χ3v) is 2.44. The summed E-state index contributed by atoms with van der Waals surface area (Å²) in [6.45, 7) is 1.87. The van der Waals surface area contributed by atoms with Crippen molar-refractivity contribution < 1.29 is 4.39 Å². The van der Waals surface area contributed by atoms with Gasteiger partial charge < -0.3 is 11.1 Å². The second-order valence-electron chi connectivity index (χ2n) is 3.72. The molecule has 0 amide bonds. The minimum atomic E-state index is -0.395. The van der Waals surface area contributed by atoms with Gasteiger partial charge in [-0.2, -0.15) is 0 Å². The van der Waals surface area contributed by atoms with E-state index in [0.717, 1.165) is 5.56 Å². The number of pyridine rings is 1. The number of nitrogens with one attached hydrogen (secondary N) is 1. The number of anilines is 3. The molecule has 0 aliphatic carbocycles. The summed E-state index contributed by atoms with van der Waals surface area (Å²) in [5, 5.41) is 3.32. The molecule has 0 aliphatic heterocycles. The highest BCUT2D eigenvalue weighted by Crippen LogP contribution is 2.23. The Morgan fingerprint density at radius 3 is 2.71 bits per heavy atom. The summed E-state index contributed by atoms with van der Waals surface area (Å²) in [5.41, 5.74) is 7.62. The number of nitrogens with zero attached hydrogens (tertiary/aromatic N) is 1. The topological polar surface area (TPSA) is 50.9 Å². The number of aryl methyl sites for hydroxylation is 1. The van der Waals surface area contributed by atoms with Crippen LogP contribution in [0.25, 0.3) is 0 Å². The molecule has 2 aromatic rings. The molecule has 0 unspecified atom stereocenters. The number of nitrogen functional groups attached to an aromatic ring is 1. The van der Waals surface area contributed by atoms with Crippen molar-refractivity contribution >= 4 is 28.8 Å². The molecular formula is C12H11ClFN3. The first-order valence-electron chi connectivity index (χ1n) is 5.00. The number of rotatable bonds is 2. The number of hydrogen-bond acceptors (Lipinski definition) is 3. The normalized spacial score (nSPS) is 10.3. The third-order valence-electron chi connectivity index (χ3n) is 2.22. The fourth-order valence-electron chi connectivity index (χ4n) is 1.49. The van der Waals surface area contributed by atoms with E-state index in [1.807, 2.05) is 6.92 Å². The van der Waals surface area contributed by atoms with Gasteiger partial charge in [-0.05, 0) is 36.8 Å². The van der Waals surface area contributed by atoms with E-state index in [0.29, 0.717) is 22.2 Å². The Hall–Kier alpha value is -1.81. The number of hydrogen-bond donors (Lipinski definition) is 2. The molecule has 0 bridgehead atoms. The van der Waals surface area contributed by atoms with Crippen molar-refractivity contribution in [2.24, 2.45) is 0 Å². The molecule has 0 saturated carbocycles. The van der Waals surface area contributed by atoms with Crippen LogP contribution in [-0.4, -0.2) is 4.98 Å². The molecule has 3 N–H and O–H groups in total. The third kappa shape index (κ3) is 2.85. The van der Waals surface area contributed by atoms with E-state index >= 15 is 0 Å². The summed E-state index contributed by atoms with van der Waals surface area (Å²) in [6, 6.07) is 6.01. The zero-order chi connectivity index (χ0) is 12.4. The average molecular weight is 252 g/mol. The number of halogens is 2. The van der Waals surface area contributed by atoms with Crippen molar-refractivity contribution in [2.75, 3.05) is 11.1 Å². The predicted molar refractivity (Wildman–Crippen MR) is 68.1 cm³/mol. The Morgan fingerprint density at radius 2 is 2.06 bits per heavy atom. The van der Waals surface area contributed by atoms with Gasteiger partial charge in [0.1, 0.15) is 11.6 Å². The average Bonchev–Trinajstić information content (AvgIpc) is 2.21. The van der Waals surface area contributed by atoms with Gasteiger partial charge in [-0.3, -0.25) is 0 Å². The minimum absolute atomic E-state index is 0.334. The molecule has 3 nitrogen and oxygen atoms in total. The van der Waals surface area contributed by atoms with Gasteiger partial charge >= 0.3 is 0 Å². The second kappa shape index (κ2) is 4.59. The van der Waals surface area contributed by atoms with Crippen molar-refractivity contribution in [2.45, 2.75) is 6.92 Å². The summed E-state index contributed by atoms with van der Waals surface area (Å²) in [7, 11) is 0. The Bertz CT molecular complexity index is 537. The van der Waals surface area contributed by atoms with Crippen LogP contribution < -0.4 is 11.1 Å². The van der Waals surface area contributed by atoms with Gasteiger partial charge in [0, 0.05) is 10.7 Å². The maximum atomic E-state index is 13.1. The lowest BCUT2D eigenvalue weighted by molar-refractivity contribution is 0.628. The van der Waals surface area contributed by atoms with Crippen LogP contribution in [0.4, 0.5) is 21.6 Å². The highest BCUT2D eigenvalue weighted by atomic mass is 35.5. The Morgan fingerprint density at radius 1 is 1.29 bits per heavy atom. The molecule has 1 heterocycles. The van der Waals surface area contributed by atoms with E-state index in [-0.39, 0.29) is 0 Å². The van der Waals surface area contributed by atoms with Crippen LogP contribution >= 0.6 is 11.6 Å². The van der Waals surface area contributed by atoms with Crippen molar-refractivity contribution in [1.82, 2.24) is 4.98 Å². The lowest BCUT2D eigenvalue weighted by Crippen LogP contribution is -1.98. The molecule has 88 valence electrons. The lowest BCUT2D eigenvalue weighted by Gasteiger charge is -2.09. The molecular weight excluding hydrogens is 241 g/mol. The number of aromatic nitrogens is 1. The van der Waals surface area contributed by atoms with Crippen LogP contribution in [0, 0.1) is 12.7 Å². The van der Waals surface area contributed by atoms with Gasteiger partial charge in [0.15, 0.2) is 0 Å². The van der Waals surface area contributed by atoms with E-state index < -0.39 is 5.82 Å². The van der Waals surface area contributed by atoms with Crippen LogP contribution in [0.2, 0.25) is 5.02 Å². The van der Waals surface area contributed by atoms with Crippen LogP contribution in [0.3, 0.4) is 0 Å². The minimum Gasteiger partial charge on any atom is -0.397 e. The van der Waals surface area contributed by atoms with E-state index in [2.05, 4.69) is 10.3 Å². The molecule has 2 rings (SSSR count). The summed E-state index contributed by atoms with van der Waals surface area (Å²) in [6.07, 6.45) is 1.54. The summed E-state index contributed by atoms with van der Waals surface area (Å²) >= 11 is 5.76. The number of benzene rings is 1. The molecule has 1 aromatic carbocycles. The van der Waals surface area contributed by atoms with Crippen molar-refractivity contribution in [1.29, 1.82) is 0 Å².